The fraction of sp³-hybridized carbons (Fsp3) is 0.222. The molecule has 6 heteroatoms. The van der Waals surface area contributed by atoms with Crippen molar-refractivity contribution in [2.24, 2.45) is 0 Å². The molecule has 15 heavy (non-hydrogen) atoms. The Hall–Kier alpha value is -1.17. The van der Waals surface area contributed by atoms with Gasteiger partial charge in [0.2, 0.25) is 0 Å². The molecule has 0 unspecified atom stereocenters. The predicted molar refractivity (Wildman–Crippen MR) is 51.8 cm³/mol. The molecule has 1 aromatic rings. The van der Waals surface area contributed by atoms with Gasteiger partial charge in [-0.25, -0.2) is 13.6 Å². The molecule has 1 aromatic carbocycles. The van der Waals surface area contributed by atoms with Crippen LogP contribution in [0.4, 0.5) is 8.78 Å². The topological polar surface area (TPSA) is 46.5 Å². The molecule has 0 aromatic heterocycles. The minimum Gasteiger partial charge on any atom is -0.479 e. The van der Waals surface area contributed by atoms with E-state index in [1.54, 1.807) is 0 Å². The number of carboxylic acid groups (broad SMARTS) is 1. The van der Waals surface area contributed by atoms with E-state index < -0.39 is 29.5 Å². The molecule has 0 fully saturated rings. The second-order valence-electron chi connectivity index (χ2n) is 2.80. The molecule has 1 N–H and O–H groups in total. The van der Waals surface area contributed by atoms with Crippen LogP contribution in [0, 0.1) is 11.6 Å². The Morgan fingerprint density at radius 2 is 1.93 bits per heavy atom. The molecule has 0 spiro atoms. The molecule has 0 saturated heterocycles. The van der Waals surface area contributed by atoms with Crippen LogP contribution >= 0.6 is 15.9 Å². The number of ether oxygens (including phenoxy) is 1. The van der Waals surface area contributed by atoms with E-state index in [9.17, 15) is 13.6 Å². The van der Waals surface area contributed by atoms with Gasteiger partial charge in [-0.3, -0.25) is 0 Å². The maximum Gasteiger partial charge on any atom is 0.344 e. The Balaban J connectivity index is 3.00. The highest BCUT2D eigenvalue weighted by molar-refractivity contribution is 9.10. The van der Waals surface area contributed by atoms with Gasteiger partial charge >= 0.3 is 5.97 Å². The van der Waals surface area contributed by atoms with Gasteiger partial charge < -0.3 is 9.84 Å². The lowest BCUT2D eigenvalue weighted by atomic mass is 10.3. The summed E-state index contributed by atoms with van der Waals surface area (Å²) >= 11 is 2.89. The van der Waals surface area contributed by atoms with Gasteiger partial charge in [-0.2, -0.15) is 0 Å². The Labute approximate surface area is 92.8 Å². The lowest BCUT2D eigenvalue weighted by molar-refractivity contribution is -0.144. The van der Waals surface area contributed by atoms with Crippen molar-refractivity contribution in [2.45, 2.75) is 13.0 Å². The minimum absolute atomic E-state index is 0.216. The summed E-state index contributed by atoms with van der Waals surface area (Å²) in [6.45, 7) is 1.18. The first-order valence-electron chi connectivity index (χ1n) is 3.96. The van der Waals surface area contributed by atoms with Crippen molar-refractivity contribution in [2.75, 3.05) is 0 Å². The smallest absolute Gasteiger partial charge is 0.344 e. The van der Waals surface area contributed by atoms with E-state index in [0.29, 0.717) is 0 Å². The van der Waals surface area contributed by atoms with E-state index in [2.05, 4.69) is 20.7 Å². The number of hydrogen-bond donors (Lipinski definition) is 1. The maximum atomic E-state index is 13.1. The first-order chi connectivity index (χ1) is 6.91. The van der Waals surface area contributed by atoms with Gasteiger partial charge in [-0.15, -0.1) is 0 Å². The van der Waals surface area contributed by atoms with Crippen molar-refractivity contribution in [1.29, 1.82) is 0 Å². The van der Waals surface area contributed by atoms with Gasteiger partial charge in [0.15, 0.2) is 23.5 Å². The first kappa shape index (κ1) is 11.9. The molecule has 3 nitrogen and oxygen atoms in total. The van der Waals surface area contributed by atoms with Crippen LogP contribution in [0.2, 0.25) is 0 Å². The van der Waals surface area contributed by atoms with E-state index in [1.165, 1.54) is 6.92 Å². The van der Waals surface area contributed by atoms with Crippen LogP contribution in [0.15, 0.2) is 16.6 Å². The summed E-state index contributed by atoms with van der Waals surface area (Å²) in [5.74, 6) is -3.88. The molecule has 0 saturated carbocycles. The van der Waals surface area contributed by atoms with Crippen molar-refractivity contribution in [3.05, 3.63) is 28.2 Å². The highest BCUT2D eigenvalue weighted by atomic mass is 79.9. The van der Waals surface area contributed by atoms with E-state index in [4.69, 9.17) is 5.11 Å². The normalized spacial score (nSPS) is 12.3. The number of hydrogen-bond acceptors (Lipinski definition) is 2. The molecule has 0 heterocycles. The largest absolute Gasteiger partial charge is 0.479 e. The summed E-state index contributed by atoms with van der Waals surface area (Å²) in [6.07, 6.45) is -1.31. The van der Waals surface area contributed by atoms with Crippen LogP contribution in [0.3, 0.4) is 0 Å². The minimum atomic E-state index is -1.31. The molecule has 1 rings (SSSR count). The van der Waals surface area contributed by atoms with Crippen molar-refractivity contribution in [3.8, 4) is 5.75 Å². The Morgan fingerprint density at radius 1 is 1.47 bits per heavy atom. The quantitative estimate of drug-likeness (QED) is 0.926. The third-order valence-electron chi connectivity index (χ3n) is 1.61. The lowest BCUT2D eigenvalue weighted by Gasteiger charge is -2.11. The van der Waals surface area contributed by atoms with Crippen molar-refractivity contribution >= 4 is 21.9 Å². The number of rotatable bonds is 3. The summed E-state index contributed by atoms with van der Waals surface area (Å²) in [5, 5.41) is 8.50. The summed E-state index contributed by atoms with van der Waals surface area (Å²) in [4.78, 5) is 10.4. The fourth-order valence-corrected chi connectivity index (χ4v) is 1.27. The van der Waals surface area contributed by atoms with Gasteiger partial charge in [0.1, 0.15) is 0 Å². The van der Waals surface area contributed by atoms with E-state index in [1.807, 2.05) is 0 Å². The summed E-state index contributed by atoms with van der Waals surface area (Å²) in [7, 11) is 0. The van der Waals surface area contributed by atoms with Gasteiger partial charge in [0.05, 0.1) is 0 Å². The second kappa shape index (κ2) is 4.57. The molecule has 0 aliphatic carbocycles. The van der Waals surface area contributed by atoms with Crippen molar-refractivity contribution in [3.63, 3.8) is 0 Å². The highest BCUT2D eigenvalue weighted by Crippen LogP contribution is 2.26. The number of aliphatic carboxylic acids is 1. The lowest BCUT2D eigenvalue weighted by Crippen LogP contribution is -2.23. The van der Waals surface area contributed by atoms with Gasteiger partial charge in [-0.1, -0.05) is 15.9 Å². The molecule has 0 aliphatic rings. The average Bonchev–Trinajstić information content (AvgIpc) is 2.10. The molecular formula is C9H7BrF2O3. The Bertz CT molecular complexity index is 372. The summed E-state index contributed by atoms with van der Waals surface area (Å²) in [5.41, 5.74) is 0. The molecule has 82 valence electrons. The van der Waals surface area contributed by atoms with Crippen LogP contribution < -0.4 is 4.74 Å². The fourth-order valence-electron chi connectivity index (χ4n) is 0.869. The van der Waals surface area contributed by atoms with Crippen LogP contribution in [0.1, 0.15) is 6.92 Å². The average molecular weight is 281 g/mol. The van der Waals surface area contributed by atoms with Crippen LogP contribution in [0.5, 0.6) is 5.75 Å². The standard InChI is InChI=1S/C9H7BrF2O3/c1-4(9(13)14)15-8-6(11)2-5(10)3-7(8)12/h2-4H,1H3,(H,13,14)/t4-/m0/s1. The number of halogens is 3. The van der Waals surface area contributed by atoms with Crippen LogP contribution in [-0.2, 0) is 4.79 Å². The van der Waals surface area contributed by atoms with Gasteiger partial charge in [0.25, 0.3) is 0 Å². The zero-order valence-electron chi connectivity index (χ0n) is 7.63. The van der Waals surface area contributed by atoms with Gasteiger partial charge in [-0.05, 0) is 19.1 Å². The molecular weight excluding hydrogens is 274 g/mol. The molecule has 0 amide bonds. The second-order valence-corrected chi connectivity index (χ2v) is 3.71. The highest BCUT2D eigenvalue weighted by Gasteiger charge is 2.19. The first-order valence-corrected chi connectivity index (χ1v) is 4.75. The Morgan fingerprint density at radius 3 is 2.33 bits per heavy atom. The van der Waals surface area contributed by atoms with Crippen LogP contribution in [0.25, 0.3) is 0 Å². The van der Waals surface area contributed by atoms with E-state index >= 15 is 0 Å². The van der Waals surface area contributed by atoms with E-state index in [0.717, 1.165) is 12.1 Å². The van der Waals surface area contributed by atoms with Crippen LogP contribution in [-0.4, -0.2) is 17.2 Å². The molecule has 0 aliphatic heterocycles. The number of carboxylic acids is 1. The SMILES string of the molecule is C[C@H](Oc1c(F)cc(Br)cc1F)C(=O)O. The monoisotopic (exact) mass is 280 g/mol. The molecule has 0 radical (unpaired) electrons. The number of benzene rings is 1. The van der Waals surface area contributed by atoms with Crippen molar-refractivity contribution < 1.29 is 23.4 Å². The zero-order valence-corrected chi connectivity index (χ0v) is 9.22. The molecule has 1 atom stereocenters. The van der Waals surface area contributed by atoms with Gasteiger partial charge in [0, 0.05) is 4.47 Å². The Kier molecular flexibility index (Phi) is 3.62. The number of carbonyl (C=O) groups is 1. The third-order valence-corrected chi connectivity index (χ3v) is 2.06. The predicted octanol–water partition coefficient (Wildman–Crippen LogP) is 2.58. The summed E-state index contributed by atoms with van der Waals surface area (Å²) in [6, 6.07) is 1.99. The van der Waals surface area contributed by atoms with E-state index in [-0.39, 0.29) is 4.47 Å². The zero-order chi connectivity index (χ0) is 11.6. The maximum absolute atomic E-state index is 13.1. The molecule has 0 bridgehead atoms. The third kappa shape index (κ3) is 2.89. The van der Waals surface area contributed by atoms with Crippen molar-refractivity contribution in [1.82, 2.24) is 0 Å². The summed E-state index contributed by atoms with van der Waals surface area (Å²) < 4.78 is 31.1.